The minimum atomic E-state index is -0.211. The van der Waals surface area contributed by atoms with Crippen LogP contribution in [0.3, 0.4) is 0 Å². The number of aromatic nitrogens is 1. The third kappa shape index (κ3) is 4.03. The van der Waals surface area contributed by atoms with E-state index in [0.29, 0.717) is 17.3 Å². The Balaban J connectivity index is 0.000000232. The van der Waals surface area contributed by atoms with Gasteiger partial charge in [-0.25, -0.2) is 4.98 Å². The normalized spacial score (nSPS) is 9.17. The summed E-state index contributed by atoms with van der Waals surface area (Å²) in [6.07, 6.45) is 0. The number of nitrogens with two attached hydrogens (primary N) is 1. The molecule has 0 aliphatic carbocycles. The molecule has 0 saturated carbocycles. The Bertz CT molecular complexity index is 587. The summed E-state index contributed by atoms with van der Waals surface area (Å²) in [4.78, 5) is 13.9. The van der Waals surface area contributed by atoms with Crippen LogP contribution in [-0.4, -0.2) is 17.6 Å². The molecule has 18 heavy (non-hydrogen) atoms. The van der Waals surface area contributed by atoms with Crippen molar-refractivity contribution in [1.29, 1.82) is 5.26 Å². The monoisotopic (exact) mass is 263 g/mol. The molecule has 6 heteroatoms. The summed E-state index contributed by atoms with van der Waals surface area (Å²) >= 11 is 1.40. The van der Waals surface area contributed by atoms with E-state index in [-0.39, 0.29) is 5.97 Å². The first-order valence-corrected chi connectivity index (χ1v) is 6.08. The third-order valence-corrected chi connectivity index (χ3v) is 2.73. The van der Waals surface area contributed by atoms with Crippen LogP contribution >= 0.6 is 11.3 Å². The number of fused-ring (bicyclic) bond motifs is 1. The lowest BCUT2D eigenvalue weighted by Gasteiger charge is -1.89. The fraction of sp³-hybridized carbons (Fsp3) is 0.250. The molecule has 0 saturated heterocycles. The lowest BCUT2D eigenvalue weighted by atomic mass is 10.2. The van der Waals surface area contributed by atoms with Crippen LogP contribution in [0.15, 0.2) is 18.2 Å². The molecule has 2 N–H and O–H groups in total. The smallest absolute Gasteiger partial charge is 0.302 e. The molecule has 2 rings (SSSR count). The van der Waals surface area contributed by atoms with Gasteiger partial charge in [0, 0.05) is 6.92 Å². The SMILES string of the molecule is CCOC(C)=O.N#Cc1ccc2nc(N)sc2c1. The van der Waals surface area contributed by atoms with Gasteiger partial charge in [-0.1, -0.05) is 11.3 Å². The molecule has 0 aliphatic rings. The maximum absolute atomic E-state index is 9.82. The number of esters is 1. The molecule has 0 amide bonds. The summed E-state index contributed by atoms with van der Waals surface area (Å²) in [6, 6.07) is 7.41. The minimum Gasteiger partial charge on any atom is -0.466 e. The quantitative estimate of drug-likeness (QED) is 0.797. The van der Waals surface area contributed by atoms with Gasteiger partial charge in [-0.2, -0.15) is 5.26 Å². The summed E-state index contributed by atoms with van der Waals surface area (Å²) < 4.78 is 5.37. The van der Waals surface area contributed by atoms with E-state index in [9.17, 15) is 4.79 Å². The number of nitrogens with zero attached hydrogens (tertiary/aromatic N) is 2. The van der Waals surface area contributed by atoms with Gasteiger partial charge >= 0.3 is 5.97 Å². The number of ether oxygens (including phenoxy) is 1. The molecule has 0 radical (unpaired) electrons. The highest BCUT2D eigenvalue weighted by molar-refractivity contribution is 7.22. The lowest BCUT2D eigenvalue weighted by Crippen LogP contribution is -1.95. The molecule has 0 aliphatic heterocycles. The summed E-state index contributed by atoms with van der Waals surface area (Å²) in [6.45, 7) is 3.65. The van der Waals surface area contributed by atoms with E-state index in [1.54, 1.807) is 25.1 Å². The zero-order valence-electron chi connectivity index (χ0n) is 10.1. The number of nitrogen functional groups attached to an aromatic ring is 1. The van der Waals surface area contributed by atoms with Crippen LogP contribution in [0.5, 0.6) is 0 Å². The molecule has 0 fully saturated rings. The molecular formula is C12H13N3O2S. The number of carbonyl (C=O) groups is 1. The van der Waals surface area contributed by atoms with Gasteiger partial charge in [0.25, 0.3) is 0 Å². The van der Waals surface area contributed by atoms with Crippen molar-refractivity contribution in [3.05, 3.63) is 23.8 Å². The summed E-state index contributed by atoms with van der Waals surface area (Å²) in [7, 11) is 0. The van der Waals surface area contributed by atoms with E-state index < -0.39 is 0 Å². The Kier molecular flexibility index (Phi) is 5.08. The van der Waals surface area contributed by atoms with E-state index in [0.717, 1.165) is 10.2 Å². The Labute approximate surface area is 109 Å². The second kappa shape index (κ2) is 6.57. The molecule has 0 spiro atoms. The van der Waals surface area contributed by atoms with E-state index in [4.69, 9.17) is 11.0 Å². The molecule has 0 atom stereocenters. The van der Waals surface area contributed by atoms with Crippen molar-refractivity contribution >= 4 is 32.7 Å². The zero-order valence-corrected chi connectivity index (χ0v) is 11.0. The Hall–Kier alpha value is -2.13. The van der Waals surface area contributed by atoms with Crippen LogP contribution in [0, 0.1) is 11.3 Å². The molecule has 0 bridgehead atoms. The third-order valence-electron chi connectivity index (χ3n) is 1.88. The summed E-state index contributed by atoms with van der Waals surface area (Å²) in [5.74, 6) is -0.211. The van der Waals surface area contributed by atoms with Crippen LogP contribution in [0.2, 0.25) is 0 Å². The maximum Gasteiger partial charge on any atom is 0.302 e. The predicted molar refractivity (Wildman–Crippen MR) is 71.1 cm³/mol. The predicted octanol–water partition coefficient (Wildman–Crippen LogP) is 2.32. The number of nitriles is 1. The molecule has 1 aromatic carbocycles. The zero-order chi connectivity index (χ0) is 13.5. The van der Waals surface area contributed by atoms with Gasteiger partial charge in [0.2, 0.25) is 0 Å². The van der Waals surface area contributed by atoms with Crippen molar-refractivity contribution in [1.82, 2.24) is 4.98 Å². The van der Waals surface area contributed by atoms with E-state index in [2.05, 4.69) is 15.8 Å². The first-order valence-electron chi connectivity index (χ1n) is 5.26. The number of anilines is 1. The number of hydrogen-bond acceptors (Lipinski definition) is 6. The van der Waals surface area contributed by atoms with Crippen LogP contribution < -0.4 is 5.73 Å². The van der Waals surface area contributed by atoms with Gasteiger partial charge in [-0.05, 0) is 25.1 Å². The van der Waals surface area contributed by atoms with Gasteiger partial charge < -0.3 is 10.5 Å². The van der Waals surface area contributed by atoms with Gasteiger partial charge in [0.05, 0.1) is 28.5 Å². The van der Waals surface area contributed by atoms with Gasteiger partial charge in [0.15, 0.2) is 5.13 Å². The number of hydrogen-bond donors (Lipinski definition) is 1. The van der Waals surface area contributed by atoms with Crippen molar-refractivity contribution < 1.29 is 9.53 Å². The first kappa shape index (κ1) is 13.9. The van der Waals surface area contributed by atoms with E-state index >= 15 is 0 Å². The van der Waals surface area contributed by atoms with E-state index in [1.807, 2.05) is 0 Å². The summed E-state index contributed by atoms with van der Waals surface area (Å²) in [5.41, 5.74) is 7.01. The van der Waals surface area contributed by atoms with Crippen molar-refractivity contribution in [3.8, 4) is 6.07 Å². The fourth-order valence-electron chi connectivity index (χ4n) is 1.22. The van der Waals surface area contributed by atoms with Crippen LogP contribution in [0.4, 0.5) is 5.13 Å². The highest BCUT2D eigenvalue weighted by atomic mass is 32.1. The van der Waals surface area contributed by atoms with Crippen LogP contribution in [0.25, 0.3) is 10.2 Å². The standard InChI is InChI=1S/C8H5N3S.C4H8O2/c9-4-5-1-2-6-7(3-5)12-8(10)11-6;1-3-6-4(2)5/h1-3H,(H2,10,11);3H2,1-2H3. The first-order chi connectivity index (χ1) is 8.56. The van der Waals surface area contributed by atoms with Crippen LogP contribution in [-0.2, 0) is 9.53 Å². The van der Waals surface area contributed by atoms with Crippen LogP contribution in [0.1, 0.15) is 19.4 Å². The average molecular weight is 263 g/mol. The summed E-state index contributed by atoms with van der Waals surface area (Å²) in [5, 5.41) is 9.15. The van der Waals surface area contributed by atoms with E-state index in [1.165, 1.54) is 18.3 Å². The van der Waals surface area contributed by atoms with Crippen molar-refractivity contribution in [3.63, 3.8) is 0 Å². The molecule has 0 unspecified atom stereocenters. The largest absolute Gasteiger partial charge is 0.466 e. The molecule has 2 aromatic rings. The Morgan fingerprint density at radius 1 is 1.61 bits per heavy atom. The lowest BCUT2D eigenvalue weighted by molar-refractivity contribution is -0.140. The number of thiazole rings is 1. The highest BCUT2D eigenvalue weighted by Crippen LogP contribution is 2.24. The number of carbonyl (C=O) groups excluding carboxylic acids is 1. The molecular weight excluding hydrogens is 250 g/mol. The van der Waals surface area contributed by atoms with Crippen molar-refractivity contribution in [2.45, 2.75) is 13.8 Å². The maximum atomic E-state index is 9.82. The Morgan fingerprint density at radius 2 is 2.33 bits per heavy atom. The van der Waals surface area contributed by atoms with Gasteiger partial charge in [0.1, 0.15) is 0 Å². The molecule has 94 valence electrons. The second-order valence-electron chi connectivity index (χ2n) is 3.27. The van der Waals surface area contributed by atoms with Gasteiger partial charge in [-0.3, -0.25) is 4.79 Å². The molecule has 5 nitrogen and oxygen atoms in total. The minimum absolute atomic E-state index is 0.211. The van der Waals surface area contributed by atoms with Gasteiger partial charge in [-0.15, -0.1) is 0 Å². The fourth-order valence-corrected chi connectivity index (χ4v) is 1.99. The molecule has 1 heterocycles. The number of rotatable bonds is 1. The topological polar surface area (TPSA) is 89.0 Å². The average Bonchev–Trinajstić information content (AvgIpc) is 2.68. The van der Waals surface area contributed by atoms with Crippen molar-refractivity contribution in [2.75, 3.05) is 12.3 Å². The second-order valence-corrected chi connectivity index (χ2v) is 4.33. The number of benzene rings is 1. The van der Waals surface area contributed by atoms with Crippen molar-refractivity contribution in [2.24, 2.45) is 0 Å². The molecule has 1 aromatic heterocycles. The Morgan fingerprint density at radius 3 is 2.83 bits per heavy atom. The highest BCUT2D eigenvalue weighted by Gasteiger charge is 2.00.